The van der Waals surface area contributed by atoms with Crippen molar-refractivity contribution in [3.05, 3.63) is 32.7 Å². The molecule has 0 aromatic carbocycles. The maximum atomic E-state index is 12.1. The Hall–Kier alpha value is -2.84. The van der Waals surface area contributed by atoms with Gasteiger partial charge in [0.05, 0.1) is 0 Å². The highest BCUT2D eigenvalue weighted by molar-refractivity contribution is 5.77. The average molecular weight is 305 g/mol. The van der Waals surface area contributed by atoms with Gasteiger partial charge in [0.25, 0.3) is 5.56 Å². The van der Waals surface area contributed by atoms with Gasteiger partial charge in [0, 0.05) is 18.9 Å². The number of imidazole rings is 2. The number of hydrogen-bond donors (Lipinski definition) is 2. The molecule has 0 saturated heterocycles. The van der Waals surface area contributed by atoms with Gasteiger partial charge in [-0.3, -0.25) is 23.3 Å². The summed E-state index contributed by atoms with van der Waals surface area (Å²) in [4.78, 5) is 41.7. The molecular weight excluding hydrogens is 290 g/mol. The summed E-state index contributed by atoms with van der Waals surface area (Å²) in [6, 6.07) is -0.787. The van der Waals surface area contributed by atoms with E-state index in [1.54, 1.807) is 24.6 Å². The Morgan fingerprint density at radius 2 is 2.14 bits per heavy atom. The second-order valence-corrected chi connectivity index (χ2v) is 5.18. The molecule has 9 nitrogen and oxygen atoms in total. The molecule has 0 bridgehead atoms. The van der Waals surface area contributed by atoms with E-state index in [1.807, 2.05) is 0 Å². The van der Waals surface area contributed by atoms with Gasteiger partial charge in [0.15, 0.2) is 11.2 Å². The summed E-state index contributed by atoms with van der Waals surface area (Å²) in [6.07, 6.45) is 2.02. The SMILES string of the molecule is CC[C@@H](C(=O)O)n1c(C)cn2c3c(=O)[nH]c(=O)n(C)c3nc12. The number of nitrogens with one attached hydrogen (secondary N) is 1. The Morgan fingerprint density at radius 3 is 2.73 bits per heavy atom. The van der Waals surface area contributed by atoms with Crippen LogP contribution in [0.25, 0.3) is 16.9 Å². The summed E-state index contributed by atoms with van der Waals surface area (Å²) in [5.74, 6) is -0.646. The van der Waals surface area contributed by atoms with Crippen LogP contribution in [0.5, 0.6) is 0 Å². The van der Waals surface area contributed by atoms with Gasteiger partial charge in [-0.15, -0.1) is 0 Å². The van der Waals surface area contributed by atoms with E-state index in [0.29, 0.717) is 17.9 Å². The normalized spacial score (nSPS) is 13.0. The van der Waals surface area contributed by atoms with Crippen molar-refractivity contribution < 1.29 is 9.90 Å². The maximum absolute atomic E-state index is 12.1. The van der Waals surface area contributed by atoms with E-state index in [-0.39, 0.29) is 11.2 Å². The predicted molar refractivity (Wildman–Crippen MR) is 78.3 cm³/mol. The molecule has 9 heteroatoms. The Bertz CT molecular complexity index is 1020. The number of carboxylic acid groups (broad SMARTS) is 1. The molecule has 3 rings (SSSR count). The summed E-state index contributed by atoms with van der Waals surface area (Å²) < 4.78 is 4.31. The van der Waals surface area contributed by atoms with Gasteiger partial charge in [0.2, 0.25) is 5.78 Å². The first-order chi connectivity index (χ1) is 10.4. The van der Waals surface area contributed by atoms with Crippen LogP contribution in [0.2, 0.25) is 0 Å². The highest BCUT2D eigenvalue weighted by Gasteiger charge is 2.24. The minimum absolute atomic E-state index is 0.220. The van der Waals surface area contributed by atoms with E-state index in [9.17, 15) is 19.5 Å². The zero-order valence-electron chi connectivity index (χ0n) is 12.3. The Labute approximate surface area is 123 Å². The van der Waals surface area contributed by atoms with Crippen molar-refractivity contribution in [2.75, 3.05) is 0 Å². The molecule has 0 radical (unpaired) electrons. The summed E-state index contributed by atoms with van der Waals surface area (Å²) in [5, 5.41) is 9.38. The maximum Gasteiger partial charge on any atom is 0.329 e. The molecule has 0 spiro atoms. The molecule has 3 aromatic rings. The van der Waals surface area contributed by atoms with Gasteiger partial charge in [0.1, 0.15) is 6.04 Å². The summed E-state index contributed by atoms with van der Waals surface area (Å²) in [5.41, 5.74) is 0.00163. The number of carboxylic acids is 1. The molecule has 22 heavy (non-hydrogen) atoms. The van der Waals surface area contributed by atoms with Crippen LogP contribution in [-0.2, 0) is 11.8 Å². The van der Waals surface area contributed by atoms with Crippen molar-refractivity contribution in [3.8, 4) is 0 Å². The van der Waals surface area contributed by atoms with Crippen molar-refractivity contribution in [1.82, 2.24) is 23.5 Å². The zero-order chi connectivity index (χ0) is 16.2. The number of aromatic nitrogens is 5. The number of nitrogens with zero attached hydrogens (tertiary/aromatic N) is 4. The van der Waals surface area contributed by atoms with E-state index in [0.717, 1.165) is 0 Å². The lowest BCUT2D eigenvalue weighted by Gasteiger charge is -2.13. The molecular formula is C13H15N5O4. The first-order valence-electron chi connectivity index (χ1n) is 6.78. The topological polar surface area (TPSA) is 114 Å². The fourth-order valence-electron chi connectivity index (χ4n) is 2.74. The zero-order valence-corrected chi connectivity index (χ0v) is 12.3. The smallest absolute Gasteiger partial charge is 0.329 e. The fraction of sp³-hybridized carbons (Fsp3) is 0.385. The number of aryl methyl sites for hydroxylation is 2. The minimum Gasteiger partial charge on any atom is -0.480 e. The van der Waals surface area contributed by atoms with E-state index in [1.165, 1.54) is 16.0 Å². The molecule has 0 aliphatic heterocycles. The van der Waals surface area contributed by atoms with Gasteiger partial charge in [-0.2, -0.15) is 4.98 Å². The Kier molecular flexibility index (Phi) is 2.94. The van der Waals surface area contributed by atoms with E-state index in [2.05, 4.69) is 9.97 Å². The highest BCUT2D eigenvalue weighted by Crippen LogP contribution is 2.22. The first kappa shape index (κ1) is 14.1. The number of H-pyrrole nitrogens is 1. The molecule has 116 valence electrons. The van der Waals surface area contributed by atoms with Crippen molar-refractivity contribution in [1.29, 1.82) is 0 Å². The molecule has 2 N–H and O–H groups in total. The third-order valence-corrected chi connectivity index (χ3v) is 3.83. The van der Waals surface area contributed by atoms with E-state index >= 15 is 0 Å². The average Bonchev–Trinajstić information content (AvgIpc) is 2.94. The molecule has 0 aliphatic carbocycles. The molecule has 0 amide bonds. The van der Waals surface area contributed by atoms with E-state index in [4.69, 9.17) is 0 Å². The quantitative estimate of drug-likeness (QED) is 0.708. The lowest BCUT2D eigenvalue weighted by atomic mass is 10.2. The molecule has 0 fully saturated rings. The van der Waals surface area contributed by atoms with E-state index < -0.39 is 23.3 Å². The summed E-state index contributed by atoms with van der Waals surface area (Å²) in [6.45, 7) is 3.52. The standard InChI is InChI=1S/C13H15N5O4/c1-4-7(11(20)21)18-6(2)5-17-8-9(14-12(17)18)16(3)13(22)15-10(8)19/h5,7H,4H2,1-3H3,(H,20,21)(H,15,19,22)/t7-/m0/s1. The van der Waals surface area contributed by atoms with Crippen LogP contribution in [-0.4, -0.2) is 34.6 Å². The lowest BCUT2D eigenvalue weighted by Crippen LogP contribution is -2.28. The summed E-state index contributed by atoms with van der Waals surface area (Å²) in [7, 11) is 1.50. The second-order valence-electron chi connectivity index (χ2n) is 5.18. The number of rotatable bonds is 3. The van der Waals surface area contributed by atoms with Crippen LogP contribution in [0.4, 0.5) is 0 Å². The third kappa shape index (κ3) is 1.71. The summed E-state index contributed by atoms with van der Waals surface area (Å²) >= 11 is 0. The predicted octanol–water partition coefficient (Wildman–Crippen LogP) is 0.0201. The van der Waals surface area contributed by atoms with Gasteiger partial charge in [-0.05, 0) is 13.3 Å². The van der Waals surface area contributed by atoms with Crippen LogP contribution >= 0.6 is 0 Å². The Morgan fingerprint density at radius 1 is 1.45 bits per heavy atom. The first-order valence-corrected chi connectivity index (χ1v) is 6.78. The van der Waals surface area contributed by atoms with Gasteiger partial charge in [-0.1, -0.05) is 6.92 Å². The number of aliphatic carboxylic acids is 1. The van der Waals surface area contributed by atoms with Crippen LogP contribution in [0.15, 0.2) is 15.8 Å². The number of hydrogen-bond acceptors (Lipinski definition) is 4. The van der Waals surface area contributed by atoms with Crippen molar-refractivity contribution in [2.45, 2.75) is 26.3 Å². The van der Waals surface area contributed by atoms with Crippen molar-refractivity contribution >= 4 is 22.9 Å². The minimum atomic E-state index is -0.974. The number of carbonyl (C=O) groups is 1. The second kappa shape index (κ2) is 4.58. The third-order valence-electron chi connectivity index (χ3n) is 3.83. The number of aromatic amines is 1. The number of fused-ring (bicyclic) bond motifs is 3. The van der Waals surface area contributed by atoms with Crippen molar-refractivity contribution in [2.24, 2.45) is 7.05 Å². The monoisotopic (exact) mass is 305 g/mol. The molecule has 0 unspecified atom stereocenters. The lowest BCUT2D eigenvalue weighted by molar-refractivity contribution is -0.140. The largest absolute Gasteiger partial charge is 0.480 e. The van der Waals surface area contributed by atoms with Gasteiger partial charge >= 0.3 is 11.7 Å². The van der Waals surface area contributed by atoms with Crippen LogP contribution in [0, 0.1) is 6.92 Å². The molecule has 0 aliphatic rings. The molecule has 1 atom stereocenters. The highest BCUT2D eigenvalue weighted by atomic mass is 16.4. The van der Waals surface area contributed by atoms with Crippen LogP contribution in [0.3, 0.4) is 0 Å². The molecule has 3 aromatic heterocycles. The van der Waals surface area contributed by atoms with Crippen LogP contribution in [0.1, 0.15) is 25.1 Å². The van der Waals surface area contributed by atoms with Crippen molar-refractivity contribution in [3.63, 3.8) is 0 Å². The molecule has 0 saturated carbocycles. The molecule has 3 heterocycles. The van der Waals surface area contributed by atoms with Gasteiger partial charge in [-0.25, -0.2) is 9.59 Å². The fourth-order valence-corrected chi connectivity index (χ4v) is 2.74. The van der Waals surface area contributed by atoms with Gasteiger partial charge < -0.3 is 5.11 Å². The van der Waals surface area contributed by atoms with Crippen LogP contribution < -0.4 is 11.2 Å². The Balaban J connectivity index is 2.50.